The molecule has 1 atom stereocenters. The third-order valence-electron chi connectivity index (χ3n) is 4.72. The van der Waals surface area contributed by atoms with Crippen LogP contribution in [0.5, 0.6) is 0 Å². The van der Waals surface area contributed by atoms with E-state index in [4.69, 9.17) is 10.5 Å². The molecule has 2 aliphatic rings. The SMILES string of the molecule is COC(CN)CC(=O)N1CCC(N2CCCCC2)CC1. The first kappa shape index (κ1) is 15.7. The zero-order valence-corrected chi connectivity index (χ0v) is 12.7. The van der Waals surface area contributed by atoms with Crippen molar-refractivity contribution in [3.8, 4) is 0 Å². The molecule has 0 aliphatic carbocycles. The maximum Gasteiger partial charge on any atom is 0.225 e. The van der Waals surface area contributed by atoms with Crippen LogP contribution < -0.4 is 5.73 Å². The van der Waals surface area contributed by atoms with Gasteiger partial charge in [0.1, 0.15) is 0 Å². The van der Waals surface area contributed by atoms with Gasteiger partial charge in [-0.05, 0) is 38.8 Å². The molecular weight excluding hydrogens is 254 g/mol. The van der Waals surface area contributed by atoms with Crippen LogP contribution in [0.4, 0.5) is 0 Å². The molecule has 5 nitrogen and oxygen atoms in total. The second-order valence-corrected chi connectivity index (χ2v) is 6.01. The average Bonchev–Trinajstić information content (AvgIpc) is 2.53. The summed E-state index contributed by atoms with van der Waals surface area (Å²) in [5.74, 6) is 0.194. The summed E-state index contributed by atoms with van der Waals surface area (Å²) in [6, 6.07) is 0.687. The van der Waals surface area contributed by atoms with E-state index in [1.165, 1.54) is 32.4 Å². The van der Waals surface area contributed by atoms with E-state index in [2.05, 4.69) is 4.90 Å². The smallest absolute Gasteiger partial charge is 0.225 e. The fourth-order valence-corrected chi connectivity index (χ4v) is 3.35. The van der Waals surface area contributed by atoms with E-state index < -0.39 is 0 Å². The van der Waals surface area contributed by atoms with Crippen LogP contribution in [0.3, 0.4) is 0 Å². The summed E-state index contributed by atoms with van der Waals surface area (Å²) in [6.45, 7) is 4.68. The molecule has 0 aromatic carbocycles. The summed E-state index contributed by atoms with van der Waals surface area (Å²) < 4.78 is 5.20. The van der Waals surface area contributed by atoms with Gasteiger partial charge in [-0.3, -0.25) is 4.79 Å². The lowest BCUT2D eigenvalue weighted by Gasteiger charge is -2.40. The van der Waals surface area contributed by atoms with Gasteiger partial charge in [-0.1, -0.05) is 6.42 Å². The molecule has 0 saturated carbocycles. The molecule has 0 aromatic heterocycles. The Hall–Kier alpha value is -0.650. The minimum absolute atomic E-state index is 0.137. The van der Waals surface area contributed by atoms with Gasteiger partial charge in [-0.2, -0.15) is 0 Å². The minimum Gasteiger partial charge on any atom is -0.380 e. The van der Waals surface area contributed by atoms with Crippen LogP contribution in [0.1, 0.15) is 38.5 Å². The van der Waals surface area contributed by atoms with E-state index in [1.807, 2.05) is 4.90 Å². The number of nitrogens with zero attached hydrogens (tertiary/aromatic N) is 2. The van der Waals surface area contributed by atoms with E-state index in [0.29, 0.717) is 19.0 Å². The second kappa shape index (κ2) is 7.96. The van der Waals surface area contributed by atoms with Gasteiger partial charge in [0, 0.05) is 32.8 Å². The fourth-order valence-electron chi connectivity index (χ4n) is 3.35. The van der Waals surface area contributed by atoms with Crippen molar-refractivity contribution in [1.29, 1.82) is 0 Å². The number of carbonyl (C=O) groups is 1. The number of ether oxygens (including phenoxy) is 1. The van der Waals surface area contributed by atoms with Crippen molar-refractivity contribution in [3.05, 3.63) is 0 Å². The Morgan fingerprint density at radius 2 is 1.85 bits per heavy atom. The Morgan fingerprint density at radius 1 is 1.20 bits per heavy atom. The third kappa shape index (κ3) is 4.17. The van der Waals surface area contributed by atoms with Gasteiger partial charge >= 0.3 is 0 Å². The van der Waals surface area contributed by atoms with Crippen molar-refractivity contribution in [2.75, 3.05) is 39.8 Å². The van der Waals surface area contributed by atoms with Gasteiger partial charge in [0.15, 0.2) is 0 Å². The number of likely N-dealkylation sites (tertiary alicyclic amines) is 2. The van der Waals surface area contributed by atoms with Crippen molar-refractivity contribution < 1.29 is 9.53 Å². The molecule has 0 spiro atoms. The van der Waals surface area contributed by atoms with Crippen molar-refractivity contribution in [2.24, 2.45) is 5.73 Å². The molecule has 2 N–H and O–H groups in total. The first-order valence-electron chi connectivity index (χ1n) is 7.99. The highest BCUT2D eigenvalue weighted by atomic mass is 16.5. The minimum atomic E-state index is -0.137. The molecule has 2 heterocycles. The van der Waals surface area contributed by atoms with E-state index in [0.717, 1.165) is 25.9 Å². The predicted octanol–water partition coefficient (Wildman–Crippen LogP) is 0.827. The largest absolute Gasteiger partial charge is 0.380 e. The summed E-state index contributed by atoms with van der Waals surface area (Å²) in [5, 5.41) is 0. The van der Waals surface area contributed by atoms with Crippen LogP contribution in [0, 0.1) is 0 Å². The Balaban J connectivity index is 1.74. The topological polar surface area (TPSA) is 58.8 Å². The van der Waals surface area contributed by atoms with E-state index in [9.17, 15) is 4.79 Å². The summed E-state index contributed by atoms with van der Waals surface area (Å²) in [7, 11) is 1.62. The van der Waals surface area contributed by atoms with Crippen LogP contribution in [0.2, 0.25) is 0 Å². The van der Waals surface area contributed by atoms with Gasteiger partial charge < -0.3 is 20.3 Å². The lowest BCUT2D eigenvalue weighted by atomic mass is 9.99. The fraction of sp³-hybridized carbons (Fsp3) is 0.933. The number of rotatable bonds is 5. The lowest BCUT2D eigenvalue weighted by molar-refractivity contribution is -0.135. The molecule has 116 valence electrons. The third-order valence-corrected chi connectivity index (χ3v) is 4.72. The second-order valence-electron chi connectivity index (χ2n) is 6.01. The Morgan fingerprint density at radius 3 is 2.40 bits per heavy atom. The number of piperidine rings is 2. The average molecular weight is 283 g/mol. The number of nitrogens with two attached hydrogens (primary N) is 1. The van der Waals surface area contributed by atoms with E-state index >= 15 is 0 Å². The predicted molar refractivity (Wildman–Crippen MR) is 79.5 cm³/mol. The van der Waals surface area contributed by atoms with Crippen LogP contribution in [0.15, 0.2) is 0 Å². The Kier molecular flexibility index (Phi) is 6.26. The van der Waals surface area contributed by atoms with Crippen molar-refractivity contribution in [3.63, 3.8) is 0 Å². The summed E-state index contributed by atoms with van der Waals surface area (Å²) in [5.41, 5.74) is 5.58. The molecular formula is C15H29N3O2. The van der Waals surface area contributed by atoms with E-state index in [-0.39, 0.29) is 12.0 Å². The number of hydrogen-bond acceptors (Lipinski definition) is 4. The highest BCUT2D eigenvalue weighted by Crippen LogP contribution is 2.21. The zero-order valence-electron chi connectivity index (χ0n) is 12.7. The zero-order chi connectivity index (χ0) is 14.4. The maximum atomic E-state index is 12.2. The van der Waals surface area contributed by atoms with E-state index in [1.54, 1.807) is 7.11 Å². The lowest BCUT2D eigenvalue weighted by Crippen LogP contribution is -2.48. The van der Waals surface area contributed by atoms with Crippen molar-refractivity contribution in [2.45, 2.75) is 50.7 Å². The van der Waals surface area contributed by atoms with Crippen LogP contribution >= 0.6 is 0 Å². The highest BCUT2D eigenvalue weighted by Gasteiger charge is 2.28. The van der Waals surface area contributed by atoms with Gasteiger partial charge in [0.2, 0.25) is 5.91 Å². The molecule has 1 unspecified atom stereocenters. The summed E-state index contributed by atoms with van der Waals surface area (Å²) in [6.07, 6.45) is 6.57. The molecule has 2 saturated heterocycles. The molecule has 0 radical (unpaired) electrons. The molecule has 0 aromatic rings. The molecule has 2 rings (SSSR count). The molecule has 5 heteroatoms. The molecule has 2 aliphatic heterocycles. The Labute approximate surface area is 122 Å². The maximum absolute atomic E-state index is 12.2. The first-order chi connectivity index (χ1) is 9.74. The Bertz CT molecular complexity index is 293. The number of hydrogen-bond donors (Lipinski definition) is 1. The molecule has 20 heavy (non-hydrogen) atoms. The van der Waals surface area contributed by atoms with Crippen LogP contribution in [0.25, 0.3) is 0 Å². The first-order valence-corrected chi connectivity index (χ1v) is 7.99. The van der Waals surface area contributed by atoms with Crippen LogP contribution in [-0.4, -0.2) is 67.7 Å². The van der Waals surface area contributed by atoms with Crippen molar-refractivity contribution in [1.82, 2.24) is 9.80 Å². The normalized spacial score (nSPS) is 23.8. The standard InChI is InChI=1S/C15H29N3O2/c1-20-14(12-16)11-15(19)18-9-5-13(6-10-18)17-7-3-2-4-8-17/h13-14H,2-12,16H2,1H3. The van der Waals surface area contributed by atoms with Gasteiger partial charge in [0.05, 0.1) is 12.5 Å². The van der Waals surface area contributed by atoms with Crippen molar-refractivity contribution >= 4 is 5.91 Å². The molecule has 1 amide bonds. The number of methoxy groups -OCH3 is 1. The van der Waals surface area contributed by atoms with Gasteiger partial charge in [-0.15, -0.1) is 0 Å². The number of amides is 1. The van der Waals surface area contributed by atoms with Crippen LogP contribution in [-0.2, 0) is 9.53 Å². The summed E-state index contributed by atoms with van der Waals surface area (Å²) in [4.78, 5) is 16.8. The van der Waals surface area contributed by atoms with Gasteiger partial charge in [-0.25, -0.2) is 0 Å². The monoisotopic (exact) mass is 283 g/mol. The highest BCUT2D eigenvalue weighted by molar-refractivity contribution is 5.76. The number of carbonyl (C=O) groups excluding carboxylic acids is 1. The quantitative estimate of drug-likeness (QED) is 0.812. The summed E-state index contributed by atoms with van der Waals surface area (Å²) >= 11 is 0. The molecule has 2 fully saturated rings. The molecule has 0 bridgehead atoms. The van der Waals surface area contributed by atoms with Gasteiger partial charge in [0.25, 0.3) is 0 Å².